The first-order valence-corrected chi connectivity index (χ1v) is 6.16. The highest BCUT2D eigenvalue weighted by molar-refractivity contribution is 5.83. The summed E-state index contributed by atoms with van der Waals surface area (Å²) in [6.45, 7) is 9.61. The van der Waals surface area contributed by atoms with Crippen LogP contribution in [0.5, 0.6) is 0 Å². The van der Waals surface area contributed by atoms with Crippen LogP contribution in [-0.2, 0) is 4.79 Å². The van der Waals surface area contributed by atoms with Gasteiger partial charge in [0, 0.05) is 13.5 Å². The second-order valence-electron chi connectivity index (χ2n) is 4.89. The van der Waals surface area contributed by atoms with Crippen LogP contribution >= 0.6 is 0 Å². The maximum Gasteiger partial charge on any atom is 0.230 e. The van der Waals surface area contributed by atoms with Crippen molar-refractivity contribution in [1.29, 1.82) is 0 Å². The SMILES string of the molecule is [2H]C(C)(C(=O)N(C(C)C)C(C)C)c1ccccc1. The summed E-state index contributed by atoms with van der Waals surface area (Å²) in [6, 6.07) is 9.51. The summed E-state index contributed by atoms with van der Waals surface area (Å²) < 4.78 is 8.40. The lowest BCUT2D eigenvalue weighted by Crippen LogP contribution is -2.44. The van der Waals surface area contributed by atoms with E-state index in [9.17, 15) is 4.79 Å². The Morgan fingerprint density at radius 1 is 1.06 bits per heavy atom. The molecule has 17 heavy (non-hydrogen) atoms. The van der Waals surface area contributed by atoms with Crippen LogP contribution in [-0.4, -0.2) is 22.9 Å². The van der Waals surface area contributed by atoms with Crippen LogP contribution in [0, 0.1) is 0 Å². The number of hydrogen-bond donors (Lipinski definition) is 0. The molecule has 1 amide bonds. The summed E-state index contributed by atoms with van der Waals surface area (Å²) >= 11 is 0. The Bertz CT molecular complexity index is 390. The molecule has 0 saturated carbocycles. The van der Waals surface area contributed by atoms with E-state index >= 15 is 0 Å². The Hall–Kier alpha value is -1.31. The van der Waals surface area contributed by atoms with E-state index in [1.54, 1.807) is 11.8 Å². The summed E-state index contributed by atoms with van der Waals surface area (Å²) in [5.74, 6) is -1.37. The molecule has 1 atom stereocenters. The molecule has 0 bridgehead atoms. The molecule has 1 aromatic rings. The van der Waals surface area contributed by atoms with E-state index in [0.717, 1.165) is 5.56 Å². The predicted molar refractivity (Wildman–Crippen MR) is 72.0 cm³/mol. The number of benzene rings is 1. The molecule has 2 heteroatoms. The number of amides is 1. The van der Waals surface area contributed by atoms with Crippen molar-refractivity contribution in [3.63, 3.8) is 0 Å². The smallest absolute Gasteiger partial charge is 0.230 e. The average Bonchev–Trinajstić information content (AvgIpc) is 2.29. The summed E-state index contributed by atoms with van der Waals surface area (Å²) in [7, 11) is 0. The van der Waals surface area contributed by atoms with Crippen molar-refractivity contribution >= 4 is 5.91 Å². The fourth-order valence-corrected chi connectivity index (χ4v) is 2.07. The molecule has 2 nitrogen and oxygen atoms in total. The Balaban J connectivity index is 3.08. The van der Waals surface area contributed by atoms with Gasteiger partial charge in [0.25, 0.3) is 0 Å². The summed E-state index contributed by atoms with van der Waals surface area (Å²) in [4.78, 5) is 14.4. The van der Waals surface area contributed by atoms with Crippen molar-refractivity contribution < 1.29 is 6.17 Å². The second kappa shape index (κ2) is 5.85. The Kier molecular flexibility index (Phi) is 4.18. The zero-order valence-corrected chi connectivity index (χ0v) is 11.4. The Morgan fingerprint density at radius 2 is 1.53 bits per heavy atom. The average molecular weight is 234 g/mol. The van der Waals surface area contributed by atoms with E-state index in [1.807, 2.05) is 58.0 Å². The maximum absolute atomic E-state index is 12.6. The lowest BCUT2D eigenvalue weighted by Gasteiger charge is -2.33. The van der Waals surface area contributed by atoms with E-state index in [1.165, 1.54) is 0 Å². The highest BCUT2D eigenvalue weighted by Gasteiger charge is 2.25. The molecular formula is C15H23NO. The number of nitrogens with zero attached hydrogens (tertiary/aromatic N) is 1. The standard InChI is InChI=1S/C15H23NO/c1-11(2)16(12(3)4)15(17)13(5)14-9-7-6-8-10-14/h6-13H,1-5H3/i13D. The van der Waals surface area contributed by atoms with E-state index < -0.39 is 5.89 Å². The van der Waals surface area contributed by atoms with Gasteiger partial charge in [-0.2, -0.15) is 0 Å². The number of carbonyl (C=O) groups is 1. The van der Waals surface area contributed by atoms with Gasteiger partial charge in [0.15, 0.2) is 0 Å². The van der Waals surface area contributed by atoms with Crippen LogP contribution in [0.15, 0.2) is 30.3 Å². The van der Waals surface area contributed by atoms with Crippen molar-refractivity contribution in [3.8, 4) is 0 Å². The van der Waals surface area contributed by atoms with Crippen molar-refractivity contribution in [3.05, 3.63) is 35.9 Å². The number of carbonyl (C=O) groups excluding carboxylic acids is 1. The van der Waals surface area contributed by atoms with Crippen LogP contribution < -0.4 is 0 Å². The minimum Gasteiger partial charge on any atom is -0.337 e. The van der Waals surface area contributed by atoms with Crippen LogP contribution in [0.25, 0.3) is 0 Å². The van der Waals surface area contributed by atoms with Crippen LogP contribution in [0.1, 0.15) is 47.4 Å². The van der Waals surface area contributed by atoms with E-state index in [2.05, 4.69) is 0 Å². The number of hydrogen-bond acceptors (Lipinski definition) is 1. The van der Waals surface area contributed by atoms with Gasteiger partial charge in [-0.3, -0.25) is 4.79 Å². The largest absolute Gasteiger partial charge is 0.337 e. The lowest BCUT2D eigenvalue weighted by atomic mass is 9.98. The minimum absolute atomic E-state index is 0.103. The third-order valence-electron chi connectivity index (χ3n) is 2.87. The quantitative estimate of drug-likeness (QED) is 0.781. The molecule has 0 fully saturated rings. The Labute approximate surface area is 106 Å². The van der Waals surface area contributed by atoms with Crippen molar-refractivity contribution in [1.82, 2.24) is 4.90 Å². The van der Waals surface area contributed by atoms with Gasteiger partial charge >= 0.3 is 0 Å². The summed E-state index contributed by atoms with van der Waals surface area (Å²) in [5, 5.41) is 0. The third kappa shape index (κ3) is 3.32. The zero-order valence-electron chi connectivity index (χ0n) is 12.4. The van der Waals surface area contributed by atoms with Gasteiger partial charge in [-0.05, 0) is 40.2 Å². The van der Waals surface area contributed by atoms with Gasteiger partial charge in [-0.25, -0.2) is 0 Å². The first-order valence-electron chi connectivity index (χ1n) is 6.66. The molecule has 1 unspecified atom stereocenters. The van der Waals surface area contributed by atoms with Gasteiger partial charge in [0.2, 0.25) is 5.91 Å². The second-order valence-corrected chi connectivity index (χ2v) is 4.89. The lowest BCUT2D eigenvalue weighted by molar-refractivity contribution is -0.136. The van der Waals surface area contributed by atoms with Crippen molar-refractivity contribution in [2.75, 3.05) is 0 Å². The molecule has 0 aliphatic carbocycles. The number of rotatable bonds is 4. The first-order chi connectivity index (χ1) is 8.28. The molecule has 0 aliphatic heterocycles. The van der Waals surface area contributed by atoms with Crippen LogP contribution in [0.3, 0.4) is 0 Å². The molecular weight excluding hydrogens is 210 g/mol. The molecule has 0 aromatic heterocycles. The Morgan fingerprint density at radius 3 is 1.94 bits per heavy atom. The first kappa shape index (κ1) is 12.2. The molecule has 0 radical (unpaired) electrons. The highest BCUT2D eigenvalue weighted by Crippen LogP contribution is 2.20. The van der Waals surface area contributed by atoms with Gasteiger partial charge in [0.1, 0.15) is 0 Å². The molecule has 0 heterocycles. The maximum atomic E-state index is 12.6. The molecule has 0 saturated heterocycles. The minimum atomic E-state index is -1.23. The molecule has 94 valence electrons. The summed E-state index contributed by atoms with van der Waals surface area (Å²) in [5.41, 5.74) is 0.737. The van der Waals surface area contributed by atoms with Gasteiger partial charge < -0.3 is 4.90 Å². The molecule has 0 N–H and O–H groups in total. The van der Waals surface area contributed by atoms with Gasteiger partial charge in [-0.15, -0.1) is 0 Å². The fourth-order valence-electron chi connectivity index (χ4n) is 2.07. The third-order valence-corrected chi connectivity index (χ3v) is 2.87. The van der Waals surface area contributed by atoms with Crippen LogP contribution in [0.2, 0.25) is 0 Å². The fraction of sp³-hybridized carbons (Fsp3) is 0.533. The summed E-state index contributed by atoms with van der Waals surface area (Å²) in [6.07, 6.45) is 0. The van der Waals surface area contributed by atoms with E-state index in [-0.39, 0.29) is 18.0 Å². The highest BCUT2D eigenvalue weighted by atomic mass is 16.2. The van der Waals surface area contributed by atoms with Gasteiger partial charge in [0.05, 0.1) is 5.89 Å². The van der Waals surface area contributed by atoms with E-state index in [0.29, 0.717) is 0 Å². The predicted octanol–water partition coefficient (Wildman–Crippen LogP) is 3.44. The molecule has 0 spiro atoms. The topological polar surface area (TPSA) is 20.3 Å². The normalized spacial score (nSPS) is 15.6. The monoisotopic (exact) mass is 234 g/mol. The molecule has 1 rings (SSSR count). The zero-order chi connectivity index (χ0) is 13.9. The van der Waals surface area contributed by atoms with Crippen molar-refractivity contribution in [2.45, 2.75) is 52.6 Å². The van der Waals surface area contributed by atoms with Gasteiger partial charge in [-0.1, -0.05) is 30.3 Å². The van der Waals surface area contributed by atoms with E-state index in [4.69, 9.17) is 1.37 Å². The van der Waals surface area contributed by atoms with Crippen LogP contribution in [0.4, 0.5) is 0 Å². The van der Waals surface area contributed by atoms with Crippen molar-refractivity contribution in [2.24, 2.45) is 0 Å². The molecule has 0 aliphatic rings. The molecule has 1 aromatic carbocycles.